The largest absolute Gasteiger partial charge is 0.352 e. The number of rotatable bonds is 4. The fourth-order valence-corrected chi connectivity index (χ4v) is 1.96. The molecular formula is C17H17NO. The van der Waals surface area contributed by atoms with Crippen molar-refractivity contribution in [2.24, 2.45) is 0 Å². The normalized spacial score (nSPS) is 10.1. The van der Waals surface area contributed by atoms with Gasteiger partial charge in [0.25, 0.3) is 5.91 Å². The summed E-state index contributed by atoms with van der Waals surface area (Å²) in [5.41, 5.74) is 1.55. The minimum Gasteiger partial charge on any atom is -0.352 e. The monoisotopic (exact) mass is 251 g/mol. The van der Waals surface area contributed by atoms with Gasteiger partial charge in [0.05, 0.1) is 0 Å². The van der Waals surface area contributed by atoms with Crippen molar-refractivity contribution in [2.45, 2.75) is 19.8 Å². The Hall–Kier alpha value is -2.27. The second kappa shape index (κ2) is 6.06. The van der Waals surface area contributed by atoms with Crippen molar-refractivity contribution >= 4 is 16.7 Å². The summed E-state index contributed by atoms with van der Waals surface area (Å²) in [6, 6.07) is 11.5. The van der Waals surface area contributed by atoms with Gasteiger partial charge in [-0.2, -0.15) is 0 Å². The number of unbranched alkanes of at least 4 members (excludes halogenated alkanes) is 1. The van der Waals surface area contributed by atoms with Crippen LogP contribution in [0.25, 0.3) is 10.8 Å². The second-order valence-corrected chi connectivity index (χ2v) is 4.53. The number of nitrogens with one attached hydrogen (secondary N) is 1. The van der Waals surface area contributed by atoms with E-state index in [1.54, 1.807) is 0 Å². The van der Waals surface area contributed by atoms with Crippen LogP contribution in [0.4, 0.5) is 0 Å². The van der Waals surface area contributed by atoms with E-state index in [4.69, 9.17) is 6.42 Å². The van der Waals surface area contributed by atoms with Gasteiger partial charge in [-0.15, -0.1) is 6.42 Å². The number of terminal acetylenes is 1. The van der Waals surface area contributed by atoms with Crippen LogP contribution in [0.15, 0.2) is 36.4 Å². The van der Waals surface area contributed by atoms with Gasteiger partial charge in [-0.05, 0) is 41.5 Å². The van der Waals surface area contributed by atoms with Crippen molar-refractivity contribution in [2.75, 3.05) is 6.54 Å². The molecule has 19 heavy (non-hydrogen) atoms. The van der Waals surface area contributed by atoms with Crippen LogP contribution >= 0.6 is 0 Å². The fourth-order valence-electron chi connectivity index (χ4n) is 1.96. The van der Waals surface area contributed by atoms with E-state index in [-0.39, 0.29) is 5.91 Å². The summed E-state index contributed by atoms with van der Waals surface area (Å²) in [4.78, 5) is 11.9. The molecule has 0 radical (unpaired) electrons. The molecule has 2 heteroatoms. The topological polar surface area (TPSA) is 29.1 Å². The molecule has 0 aliphatic rings. The highest BCUT2D eigenvalue weighted by Crippen LogP contribution is 2.17. The van der Waals surface area contributed by atoms with Crippen molar-refractivity contribution < 1.29 is 4.79 Å². The molecule has 0 spiro atoms. The van der Waals surface area contributed by atoms with Crippen LogP contribution in [0.1, 0.15) is 35.7 Å². The number of fused-ring (bicyclic) bond motifs is 1. The molecule has 0 unspecified atom stereocenters. The van der Waals surface area contributed by atoms with Gasteiger partial charge in [-0.3, -0.25) is 4.79 Å². The predicted molar refractivity (Wildman–Crippen MR) is 79.1 cm³/mol. The Morgan fingerprint density at radius 1 is 1.21 bits per heavy atom. The number of benzene rings is 2. The molecule has 96 valence electrons. The van der Waals surface area contributed by atoms with Gasteiger partial charge in [-0.1, -0.05) is 31.4 Å². The summed E-state index contributed by atoms with van der Waals surface area (Å²) in [7, 11) is 0. The average molecular weight is 251 g/mol. The molecule has 2 aromatic rings. The van der Waals surface area contributed by atoms with Gasteiger partial charge in [0, 0.05) is 17.7 Å². The third-order valence-electron chi connectivity index (χ3n) is 3.08. The molecule has 2 rings (SSSR count). The van der Waals surface area contributed by atoms with Gasteiger partial charge in [-0.25, -0.2) is 0 Å². The van der Waals surface area contributed by atoms with E-state index in [0.29, 0.717) is 5.56 Å². The van der Waals surface area contributed by atoms with Crippen molar-refractivity contribution in [3.63, 3.8) is 0 Å². The minimum absolute atomic E-state index is 0.0172. The summed E-state index contributed by atoms with van der Waals surface area (Å²) in [6.07, 6.45) is 7.45. The molecule has 0 aliphatic heterocycles. The summed E-state index contributed by atoms with van der Waals surface area (Å²) < 4.78 is 0. The molecule has 0 atom stereocenters. The van der Waals surface area contributed by atoms with Crippen LogP contribution in [0.3, 0.4) is 0 Å². The van der Waals surface area contributed by atoms with Crippen molar-refractivity contribution in [3.05, 3.63) is 47.5 Å². The standard InChI is InChI=1S/C17H17NO/c1-3-5-10-18-17(19)16-9-8-14-11-13(4-2)6-7-15(14)12-16/h2,6-9,11-12H,3,5,10H2,1H3,(H,18,19). The lowest BCUT2D eigenvalue weighted by Gasteiger charge is -2.06. The SMILES string of the molecule is C#Cc1ccc2cc(C(=O)NCCCC)ccc2c1. The number of carbonyl (C=O) groups is 1. The van der Waals surface area contributed by atoms with Crippen LogP contribution in [0.2, 0.25) is 0 Å². The first-order chi connectivity index (χ1) is 9.24. The first-order valence-corrected chi connectivity index (χ1v) is 6.53. The molecule has 0 bridgehead atoms. The lowest BCUT2D eigenvalue weighted by molar-refractivity contribution is 0.0953. The molecule has 1 amide bonds. The van der Waals surface area contributed by atoms with E-state index >= 15 is 0 Å². The zero-order valence-corrected chi connectivity index (χ0v) is 11.1. The Bertz CT molecular complexity index is 637. The molecule has 0 saturated heterocycles. The van der Waals surface area contributed by atoms with Crippen LogP contribution in [-0.2, 0) is 0 Å². The molecule has 2 nitrogen and oxygen atoms in total. The minimum atomic E-state index is -0.0172. The summed E-state index contributed by atoms with van der Waals surface area (Å²) >= 11 is 0. The lowest BCUT2D eigenvalue weighted by atomic mass is 10.0. The quantitative estimate of drug-likeness (QED) is 0.655. The van der Waals surface area contributed by atoms with Crippen LogP contribution < -0.4 is 5.32 Å². The van der Waals surface area contributed by atoms with Crippen LogP contribution in [-0.4, -0.2) is 12.5 Å². The van der Waals surface area contributed by atoms with Crippen molar-refractivity contribution in [3.8, 4) is 12.3 Å². The van der Waals surface area contributed by atoms with Crippen molar-refractivity contribution in [1.82, 2.24) is 5.32 Å². The number of amides is 1. The zero-order chi connectivity index (χ0) is 13.7. The first kappa shape index (κ1) is 13.2. The first-order valence-electron chi connectivity index (χ1n) is 6.53. The number of carbonyl (C=O) groups excluding carboxylic acids is 1. The maximum Gasteiger partial charge on any atom is 0.251 e. The molecule has 1 N–H and O–H groups in total. The smallest absolute Gasteiger partial charge is 0.251 e. The Balaban J connectivity index is 2.22. The van der Waals surface area contributed by atoms with Gasteiger partial charge in [0.1, 0.15) is 0 Å². The van der Waals surface area contributed by atoms with Gasteiger partial charge in [0.2, 0.25) is 0 Å². The van der Waals surface area contributed by atoms with Gasteiger partial charge < -0.3 is 5.32 Å². The van der Waals surface area contributed by atoms with E-state index in [2.05, 4.69) is 18.2 Å². The summed E-state index contributed by atoms with van der Waals surface area (Å²) in [5.74, 6) is 2.59. The summed E-state index contributed by atoms with van der Waals surface area (Å²) in [5, 5.41) is 5.00. The van der Waals surface area contributed by atoms with Gasteiger partial charge >= 0.3 is 0 Å². The number of hydrogen-bond acceptors (Lipinski definition) is 1. The summed E-state index contributed by atoms with van der Waals surface area (Å²) in [6.45, 7) is 2.83. The van der Waals surface area contributed by atoms with E-state index < -0.39 is 0 Å². The highest BCUT2D eigenvalue weighted by atomic mass is 16.1. The molecule has 0 fully saturated rings. The lowest BCUT2D eigenvalue weighted by Crippen LogP contribution is -2.24. The third-order valence-corrected chi connectivity index (χ3v) is 3.08. The zero-order valence-electron chi connectivity index (χ0n) is 11.1. The fraction of sp³-hybridized carbons (Fsp3) is 0.235. The highest BCUT2D eigenvalue weighted by molar-refractivity contribution is 5.98. The molecule has 0 saturated carbocycles. The van der Waals surface area contributed by atoms with E-state index in [1.165, 1.54) is 0 Å². The Morgan fingerprint density at radius 2 is 1.95 bits per heavy atom. The molecule has 2 aromatic carbocycles. The molecule has 0 aliphatic carbocycles. The van der Waals surface area contributed by atoms with Gasteiger partial charge in [0.15, 0.2) is 0 Å². The van der Waals surface area contributed by atoms with E-state index in [1.807, 2.05) is 36.4 Å². The van der Waals surface area contributed by atoms with Crippen LogP contribution in [0.5, 0.6) is 0 Å². The Labute approximate surface area is 113 Å². The van der Waals surface area contributed by atoms with E-state index in [9.17, 15) is 4.79 Å². The average Bonchev–Trinajstić information content (AvgIpc) is 2.46. The molecule has 0 heterocycles. The molecular weight excluding hydrogens is 234 g/mol. The Kier molecular flexibility index (Phi) is 4.20. The predicted octanol–water partition coefficient (Wildman–Crippen LogP) is 3.35. The number of hydrogen-bond donors (Lipinski definition) is 1. The highest BCUT2D eigenvalue weighted by Gasteiger charge is 2.05. The third kappa shape index (κ3) is 3.14. The van der Waals surface area contributed by atoms with Crippen LogP contribution in [0, 0.1) is 12.3 Å². The maximum atomic E-state index is 11.9. The molecule has 0 aromatic heterocycles. The Morgan fingerprint density at radius 3 is 2.68 bits per heavy atom. The van der Waals surface area contributed by atoms with E-state index in [0.717, 1.165) is 35.7 Å². The second-order valence-electron chi connectivity index (χ2n) is 4.53. The maximum absolute atomic E-state index is 11.9. The van der Waals surface area contributed by atoms with Crippen molar-refractivity contribution in [1.29, 1.82) is 0 Å².